The molecule has 0 aliphatic heterocycles. The topological polar surface area (TPSA) is 49.8 Å². The van der Waals surface area contributed by atoms with Crippen molar-refractivity contribution in [2.24, 2.45) is 0 Å². The second kappa shape index (κ2) is 4.71. The summed E-state index contributed by atoms with van der Waals surface area (Å²) in [6.45, 7) is 2.05. The van der Waals surface area contributed by atoms with Gasteiger partial charge >= 0.3 is 0 Å². The van der Waals surface area contributed by atoms with E-state index < -0.39 is 0 Å². The van der Waals surface area contributed by atoms with E-state index in [4.69, 9.17) is 11.0 Å². The van der Waals surface area contributed by atoms with Crippen LogP contribution in [0.25, 0.3) is 11.1 Å². The zero-order chi connectivity index (χ0) is 12.3. The van der Waals surface area contributed by atoms with Crippen molar-refractivity contribution in [1.29, 1.82) is 5.26 Å². The molecule has 84 valence electrons. The van der Waals surface area contributed by atoms with Crippen LogP contribution in [0.4, 0.5) is 5.69 Å². The first-order valence-electron chi connectivity index (χ1n) is 5.53. The van der Waals surface area contributed by atoms with Gasteiger partial charge in [0, 0.05) is 5.69 Å². The van der Waals surface area contributed by atoms with Crippen LogP contribution < -0.4 is 5.73 Å². The smallest absolute Gasteiger partial charge is 0.0669 e. The molecule has 0 radical (unpaired) electrons. The van der Waals surface area contributed by atoms with E-state index in [1.807, 2.05) is 30.3 Å². The molecule has 0 spiro atoms. The molecule has 2 rings (SSSR count). The van der Waals surface area contributed by atoms with Crippen molar-refractivity contribution in [2.45, 2.75) is 13.3 Å². The minimum Gasteiger partial charge on any atom is -0.399 e. The van der Waals surface area contributed by atoms with Gasteiger partial charge in [-0.2, -0.15) is 5.26 Å². The van der Waals surface area contributed by atoms with Crippen LogP contribution in [0.15, 0.2) is 42.5 Å². The highest BCUT2D eigenvalue weighted by molar-refractivity contribution is 5.70. The van der Waals surface area contributed by atoms with E-state index in [1.54, 1.807) is 0 Å². The molecule has 0 atom stereocenters. The summed E-state index contributed by atoms with van der Waals surface area (Å²) < 4.78 is 0. The van der Waals surface area contributed by atoms with Gasteiger partial charge in [0.05, 0.1) is 12.5 Å². The Bertz CT molecular complexity index is 580. The lowest BCUT2D eigenvalue weighted by Gasteiger charge is -2.08. The lowest BCUT2D eigenvalue weighted by molar-refractivity contribution is 1.25. The molecule has 0 aromatic heterocycles. The fourth-order valence-electron chi connectivity index (χ4n) is 1.96. The number of nitrogen functional groups attached to an aromatic ring is 1. The van der Waals surface area contributed by atoms with Gasteiger partial charge in [-0.3, -0.25) is 0 Å². The second-order valence-electron chi connectivity index (χ2n) is 4.11. The number of hydrogen-bond donors (Lipinski definition) is 1. The van der Waals surface area contributed by atoms with Gasteiger partial charge in [-0.25, -0.2) is 0 Å². The minimum atomic E-state index is 0.456. The zero-order valence-corrected chi connectivity index (χ0v) is 9.77. The molecule has 0 saturated heterocycles. The zero-order valence-electron chi connectivity index (χ0n) is 9.77. The van der Waals surface area contributed by atoms with Crippen LogP contribution in [0.1, 0.15) is 11.1 Å². The molecular weight excluding hydrogens is 208 g/mol. The fraction of sp³-hybridized carbons (Fsp3) is 0.133. The van der Waals surface area contributed by atoms with Gasteiger partial charge in [0.15, 0.2) is 0 Å². The van der Waals surface area contributed by atoms with Crippen LogP contribution in [0.2, 0.25) is 0 Å². The SMILES string of the molecule is Cc1cc(CC#N)ccc1-c1cccc(N)c1. The molecule has 2 heteroatoms. The first-order valence-corrected chi connectivity index (χ1v) is 5.53. The standard InChI is InChI=1S/C15H14N2/c1-11-9-12(7-8-16)5-6-15(11)13-3-2-4-14(17)10-13/h2-6,9-10H,7,17H2,1H3. The summed E-state index contributed by atoms with van der Waals surface area (Å²) in [5.41, 5.74) is 11.1. The minimum absolute atomic E-state index is 0.456. The van der Waals surface area contributed by atoms with Gasteiger partial charge in [-0.05, 0) is 41.3 Å². The number of anilines is 1. The van der Waals surface area contributed by atoms with Gasteiger partial charge < -0.3 is 5.73 Å². The highest BCUT2D eigenvalue weighted by Crippen LogP contribution is 2.25. The monoisotopic (exact) mass is 222 g/mol. The van der Waals surface area contributed by atoms with Crippen molar-refractivity contribution in [3.63, 3.8) is 0 Å². The Kier molecular flexibility index (Phi) is 3.11. The van der Waals surface area contributed by atoms with E-state index in [0.717, 1.165) is 16.8 Å². The number of hydrogen-bond acceptors (Lipinski definition) is 2. The Balaban J connectivity index is 2.44. The molecule has 0 aliphatic rings. The summed E-state index contributed by atoms with van der Waals surface area (Å²) >= 11 is 0. The third-order valence-electron chi connectivity index (χ3n) is 2.77. The lowest BCUT2D eigenvalue weighted by Crippen LogP contribution is -1.89. The van der Waals surface area contributed by atoms with E-state index in [2.05, 4.69) is 25.1 Å². The molecule has 0 heterocycles. The summed E-state index contributed by atoms with van der Waals surface area (Å²) in [4.78, 5) is 0. The maximum absolute atomic E-state index is 8.67. The summed E-state index contributed by atoms with van der Waals surface area (Å²) in [6.07, 6.45) is 0.456. The number of nitrogens with zero attached hydrogens (tertiary/aromatic N) is 1. The summed E-state index contributed by atoms with van der Waals surface area (Å²) in [5.74, 6) is 0. The van der Waals surface area contributed by atoms with E-state index in [0.29, 0.717) is 6.42 Å². The van der Waals surface area contributed by atoms with Crippen LogP contribution in [-0.2, 0) is 6.42 Å². The summed E-state index contributed by atoms with van der Waals surface area (Å²) in [5, 5.41) is 8.67. The highest BCUT2D eigenvalue weighted by Gasteiger charge is 2.03. The molecule has 0 unspecified atom stereocenters. The van der Waals surface area contributed by atoms with Crippen LogP contribution in [0.5, 0.6) is 0 Å². The Labute approximate surface area is 101 Å². The average molecular weight is 222 g/mol. The van der Waals surface area contributed by atoms with Crippen LogP contribution in [-0.4, -0.2) is 0 Å². The molecule has 0 bridgehead atoms. The molecule has 0 fully saturated rings. The number of rotatable bonds is 2. The average Bonchev–Trinajstić information content (AvgIpc) is 2.29. The van der Waals surface area contributed by atoms with Crippen molar-refractivity contribution in [3.8, 4) is 17.2 Å². The highest BCUT2D eigenvalue weighted by atomic mass is 14.5. The molecule has 2 N–H and O–H groups in total. The number of benzene rings is 2. The normalized spacial score (nSPS) is 9.88. The van der Waals surface area contributed by atoms with Gasteiger partial charge in [0.1, 0.15) is 0 Å². The van der Waals surface area contributed by atoms with Crippen molar-refractivity contribution in [3.05, 3.63) is 53.6 Å². The number of nitrogens with two attached hydrogens (primary N) is 1. The molecule has 2 nitrogen and oxygen atoms in total. The van der Waals surface area contributed by atoms with Crippen molar-refractivity contribution in [1.82, 2.24) is 0 Å². The van der Waals surface area contributed by atoms with Gasteiger partial charge in [-0.15, -0.1) is 0 Å². The molecule has 17 heavy (non-hydrogen) atoms. The Morgan fingerprint density at radius 1 is 1.18 bits per heavy atom. The van der Waals surface area contributed by atoms with E-state index in [-0.39, 0.29) is 0 Å². The largest absolute Gasteiger partial charge is 0.399 e. The Hall–Kier alpha value is -2.27. The molecule has 0 saturated carbocycles. The van der Waals surface area contributed by atoms with Gasteiger partial charge in [-0.1, -0.05) is 30.3 Å². The predicted molar refractivity (Wildman–Crippen MR) is 70.3 cm³/mol. The third kappa shape index (κ3) is 2.46. The van der Waals surface area contributed by atoms with Crippen LogP contribution in [0.3, 0.4) is 0 Å². The maximum Gasteiger partial charge on any atom is 0.0669 e. The molecular formula is C15H14N2. The predicted octanol–water partition coefficient (Wildman–Crippen LogP) is 3.31. The first kappa shape index (κ1) is 11.2. The summed E-state index contributed by atoms with van der Waals surface area (Å²) in [7, 11) is 0. The van der Waals surface area contributed by atoms with E-state index >= 15 is 0 Å². The maximum atomic E-state index is 8.67. The molecule has 0 aliphatic carbocycles. The molecule has 2 aromatic carbocycles. The van der Waals surface area contributed by atoms with Gasteiger partial charge in [0.2, 0.25) is 0 Å². The second-order valence-corrected chi connectivity index (χ2v) is 4.11. The van der Waals surface area contributed by atoms with E-state index in [1.165, 1.54) is 11.1 Å². The quantitative estimate of drug-likeness (QED) is 0.792. The third-order valence-corrected chi connectivity index (χ3v) is 2.77. The Morgan fingerprint density at radius 3 is 2.65 bits per heavy atom. The first-order chi connectivity index (χ1) is 8.20. The fourth-order valence-corrected chi connectivity index (χ4v) is 1.96. The van der Waals surface area contributed by atoms with Crippen molar-refractivity contribution in [2.75, 3.05) is 5.73 Å². The summed E-state index contributed by atoms with van der Waals surface area (Å²) in [6, 6.07) is 16.1. The lowest BCUT2D eigenvalue weighted by atomic mass is 9.97. The van der Waals surface area contributed by atoms with Crippen LogP contribution >= 0.6 is 0 Å². The molecule has 0 amide bonds. The van der Waals surface area contributed by atoms with Crippen molar-refractivity contribution < 1.29 is 0 Å². The number of nitriles is 1. The van der Waals surface area contributed by atoms with Crippen LogP contribution in [0, 0.1) is 18.3 Å². The van der Waals surface area contributed by atoms with Gasteiger partial charge in [0.25, 0.3) is 0 Å². The number of aryl methyl sites for hydroxylation is 1. The Morgan fingerprint density at radius 2 is 2.00 bits per heavy atom. The van der Waals surface area contributed by atoms with E-state index in [9.17, 15) is 0 Å². The molecule has 2 aromatic rings. The van der Waals surface area contributed by atoms with Crippen molar-refractivity contribution >= 4 is 5.69 Å².